The van der Waals surface area contributed by atoms with Gasteiger partial charge in [0.1, 0.15) is 6.26 Å². The molecule has 2 rings (SSSR count). The number of hydrogen-bond acceptors (Lipinski definition) is 3. The van der Waals surface area contributed by atoms with E-state index in [-0.39, 0.29) is 0 Å². The first kappa shape index (κ1) is 8.75. The highest BCUT2D eigenvalue weighted by Crippen LogP contribution is 2.11. The highest BCUT2D eigenvalue weighted by atomic mass is 16.3. The zero-order valence-corrected chi connectivity index (χ0v) is 7.91. The van der Waals surface area contributed by atoms with Crippen molar-refractivity contribution in [1.82, 2.24) is 9.88 Å². The minimum absolute atomic E-state index is 0.849. The minimum Gasteiger partial charge on any atom is -0.448 e. The highest BCUT2D eigenvalue weighted by molar-refractivity contribution is 4.80. The molecular formula is C10H16N2O. The van der Waals surface area contributed by atoms with Crippen molar-refractivity contribution in [3.8, 4) is 0 Å². The number of aromatic nitrogens is 1. The molecule has 1 aromatic heterocycles. The maximum Gasteiger partial charge on any atom is 0.208 e. The van der Waals surface area contributed by atoms with E-state index in [1.54, 1.807) is 12.5 Å². The van der Waals surface area contributed by atoms with Crippen molar-refractivity contribution in [2.24, 2.45) is 0 Å². The van der Waals surface area contributed by atoms with Crippen LogP contribution in [0.3, 0.4) is 0 Å². The summed E-state index contributed by atoms with van der Waals surface area (Å²) in [4.78, 5) is 6.56. The van der Waals surface area contributed by atoms with Gasteiger partial charge in [-0.1, -0.05) is 12.8 Å². The Kier molecular flexibility index (Phi) is 2.98. The van der Waals surface area contributed by atoms with Crippen LogP contribution in [0.4, 0.5) is 0 Å². The van der Waals surface area contributed by atoms with Crippen LogP contribution in [-0.4, -0.2) is 23.0 Å². The molecule has 0 bridgehead atoms. The van der Waals surface area contributed by atoms with Crippen LogP contribution in [0, 0.1) is 0 Å². The lowest BCUT2D eigenvalue weighted by atomic mass is 10.2. The zero-order valence-electron chi connectivity index (χ0n) is 7.91. The Bertz CT molecular complexity index is 225. The average molecular weight is 180 g/mol. The van der Waals surface area contributed by atoms with E-state index in [4.69, 9.17) is 4.42 Å². The first-order chi connectivity index (χ1) is 6.45. The highest BCUT2D eigenvalue weighted by Gasteiger charge is 2.10. The fourth-order valence-corrected chi connectivity index (χ4v) is 1.82. The third-order valence-corrected chi connectivity index (χ3v) is 2.54. The number of nitrogens with zero attached hydrogens (tertiary/aromatic N) is 2. The van der Waals surface area contributed by atoms with Gasteiger partial charge in [0, 0.05) is 0 Å². The van der Waals surface area contributed by atoms with Gasteiger partial charge in [-0.25, -0.2) is 4.98 Å². The Morgan fingerprint density at radius 1 is 1.23 bits per heavy atom. The van der Waals surface area contributed by atoms with Crippen LogP contribution in [0.25, 0.3) is 0 Å². The van der Waals surface area contributed by atoms with Crippen LogP contribution in [0.5, 0.6) is 0 Å². The van der Waals surface area contributed by atoms with Gasteiger partial charge in [0.25, 0.3) is 0 Å². The largest absolute Gasteiger partial charge is 0.448 e. The molecule has 1 fully saturated rings. The lowest BCUT2D eigenvalue weighted by Gasteiger charge is -2.16. The molecule has 0 atom stereocenters. The Labute approximate surface area is 78.8 Å². The van der Waals surface area contributed by atoms with E-state index in [2.05, 4.69) is 9.88 Å². The van der Waals surface area contributed by atoms with Gasteiger partial charge in [0.2, 0.25) is 5.89 Å². The molecule has 0 unspecified atom stereocenters. The average Bonchev–Trinajstić information content (AvgIpc) is 2.49. The lowest BCUT2D eigenvalue weighted by Crippen LogP contribution is -2.24. The molecule has 1 saturated heterocycles. The van der Waals surface area contributed by atoms with Gasteiger partial charge < -0.3 is 4.42 Å². The first-order valence-electron chi connectivity index (χ1n) is 5.06. The normalized spacial score (nSPS) is 20.0. The molecule has 1 aliphatic rings. The number of oxazole rings is 1. The van der Waals surface area contributed by atoms with Gasteiger partial charge in [-0.15, -0.1) is 0 Å². The maximum absolute atomic E-state index is 5.22. The van der Waals surface area contributed by atoms with Crippen LogP contribution in [0.2, 0.25) is 0 Å². The van der Waals surface area contributed by atoms with Gasteiger partial charge in [-0.3, -0.25) is 4.90 Å². The lowest BCUT2D eigenvalue weighted by molar-refractivity contribution is 0.248. The first-order valence-corrected chi connectivity index (χ1v) is 5.06. The third kappa shape index (κ3) is 2.56. The summed E-state index contributed by atoms with van der Waals surface area (Å²) in [6, 6.07) is 0. The van der Waals surface area contributed by atoms with E-state index in [1.165, 1.54) is 38.8 Å². The summed E-state index contributed by atoms with van der Waals surface area (Å²) in [6.07, 6.45) is 8.76. The van der Waals surface area contributed by atoms with Crippen molar-refractivity contribution < 1.29 is 4.42 Å². The molecule has 0 N–H and O–H groups in total. The van der Waals surface area contributed by atoms with Gasteiger partial charge in [-0.2, -0.15) is 0 Å². The summed E-state index contributed by atoms with van der Waals surface area (Å²) < 4.78 is 5.22. The quantitative estimate of drug-likeness (QED) is 0.697. The van der Waals surface area contributed by atoms with Crippen LogP contribution in [0.1, 0.15) is 31.6 Å². The molecule has 1 aromatic rings. The van der Waals surface area contributed by atoms with Crippen molar-refractivity contribution in [2.75, 3.05) is 13.1 Å². The van der Waals surface area contributed by atoms with Gasteiger partial charge in [0.05, 0.1) is 12.7 Å². The predicted octanol–water partition coefficient (Wildman–Crippen LogP) is 2.05. The summed E-state index contributed by atoms with van der Waals surface area (Å²) in [5.41, 5.74) is 0. The smallest absolute Gasteiger partial charge is 0.208 e. The monoisotopic (exact) mass is 180 g/mol. The van der Waals surface area contributed by atoms with Gasteiger partial charge in [-0.05, 0) is 25.9 Å². The Morgan fingerprint density at radius 3 is 2.62 bits per heavy atom. The van der Waals surface area contributed by atoms with Crippen LogP contribution < -0.4 is 0 Å². The molecule has 0 spiro atoms. The molecule has 3 heteroatoms. The molecule has 0 aromatic carbocycles. The van der Waals surface area contributed by atoms with Crippen molar-refractivity contribution in [3.05, 3.63) is 18.4 Å². The maximum atomic E-state index is 5.22. The summed E-state index contributed by atoms with van der Waals surface area (Å²) >= 11 is 0. The SMILES string of the molecule is c1coc(CN2CCCCCC2)n1. The molecule has 0 amide bonds. The predicted molar refractivity (Wildman–Crippen MR) is 50.2 cm³/mol. The fourth-order valence-electron chi connectivity index (χ4n) is 1.82. The van der Waals surface area contributed by atoms with Crippen LogP contribution in [0.15, 0.2) is 16.9 Å². The van der Waals surface area contributed by atoms with Crippen molar-refractivity contribution in [2.45, 2.75) is 32.2 Å². The molecule has 72 valence electrons. The molecule has 0 aliphatic carbocycles. The van der Waals surface area contributed by atoms with Crippen molar-refractivity contribution in [3.63, 3.8) is 0 Å². The molecule has 0 saturated carbocycles. The zero-order chi connectivity index (χ0) is 8.93. The third-order valence-electron chi connectivity index (χ3n) is 2.54. The second-order valence-electron chi connectivity index (χ2n) is 3.62. The van der Waals surface area contributed by atoms with E-state index in [0.717, 1.165) is 12.4 Å². The second-order valence-corrected chi connectivity index (χ2v) is 3.62. The van der Waals surface area contributed by atoms with Crippen molar-refractivity contribution in [1.29, 1.82) is 0 Å². The molecule has 13 heavy (non-hydrogen) atoms. The Morgan fingerprint density at radius 2 is 2.00 bits per heavy atom. The van der Waals surface area contributed by atoms with E-state index in [9.17, 15) is 0 Å². The molecule has 3 nitrogen and oxygen atoms in total. The summed E-state index contributed by atoms with van der Waals surface area (Å²) in [5.74, 6) is 0.849. The van der Waals surface area contributed by atoms with Gasteiger partial charge >= 0.3 is 0 Å². The summed E-state index contributed by atoms with van der Waals surface area (Å²) in [6.45, 7) is 3.28. The second kappa shape index (κ2) is 4.42. The standard InChI is InChI=1S/C10H16N2O/c1-2-4-7-12(6-3-1)9-10-11-5-8-13-10/h5,8H,1-4,6-7,9H2. The van der Waals surface area contributed by atoms with Gasteiger partial charge in [0.15, 0.2) is 0 Å². The summed E-state index contributed by atoms with van der Waals surface area (Å²) in [5, 5.41) is 0. The molecular weight excluding hydrogens is 164 g/mol. The van der Waals surface area contributed by atoms with Crippen LogP contribution in [-0.2, 0) is 6.54 Å². The Balaban J connectivity index is 1.86. The van der Waals surface area contributed by atoms with E-state index in [0.29, 0.717) is 0 Å². The van der Waals surface area contributed by atoms with Crippen molar-refractivity contribution >= 4 is 0 Å². The number of hydrogen-bond donors (Lipinski definition) is 0. The molecule has 0 radical (unpaired) electrons. The van der Waals surface area contributed by atoms with E-state index in [1.807, 2.05) is 0 Å². The molecule has 1 aliphatic heterocycles. The fraction of sp³-hybridized carbons (Fsp3) is 0.700. The summed E-state index contributed by atoms with van der Waals surface area (Å²) in [7, 11) is 0. The Hall–Kier alpha value is -0.830. The number of likely N-dealkylation sites (tertiary alicyclic amines) is 1. The van der Waals surface area contributed by atoms with E-state index >= 15 is 0 Å². The van der Waals surface area contributed by atoms with Crippen LogP contribution >= 0.6 is 0 Å². The topological polar surface area (TPSA) is 29.3 Å². The molecule has 2 heterocycles. The van der Waals surface area contributed by atoms with E-state index < -0.39 is 0 Å². The minimum atomic E-state index is 0.849. The number of rotatable bonds is 2.